The molecule has 1 saturated carbocycles. The Hall–Kier alpha value is -0.860. The summed E-state index contributed by atoms with van der Waals surface area (Å²) in [7, 11) is 1.74. The third-order valence-corrected chi connectivity index (χ3v) is 3.61. The van der Waals surface area contributed by atoms with E-state index in [2.05, 4.69) is 38.1 Å². The first-order valence-corrected chi connectivity index (χ1v) is 5.89. The normalized spacial score (nSPS) is 18.5. The minimum Gasteiger partial charge on any atom is -0.374 e. The molecule has 1 aromatic rings. The SMILES string of the molecule is COC(C)(C)c1ccc(CC2(N)CC2)cc1. The molecule has 0 amide bonds. The number of methoxy groups -OCH3 is 1. The standard InChI is InChI=1S/C14H21NO/c1-13(2,16-3)12-6-4-11(5-7-12)10-14(15)8-9-14/h4-7H,8-10,15H2,1-3H3. The molecule has 1 aromatic carbocycles. The topological polar surface area (TPSA) is 35.2 Å². The molecule has 0 aromatic heterocycles. The van der Waals surface area contributed by atoms with Gasteiger partial charge in [0.05, 0.1) is 5.60 Å². The zero-order chi connectivity index (χ0) is 11.8. The summed E-state index contributed by atoms with van der Waals surface area (Å²) in [4.78, 5) is 0. The van der Waals surface area contributed by atoms with Gasteiger partial charge in [0.2, 0.25) is 0 Å². The van der Waals surface area contributed by atoms with Gasteiger partial charge in [-0.05, 0) is 44.2 Å². The van der Waals surface area contributed by atoms with Crippen molar-refractivity contribution in [3.63, 3.8) is 0 Å². The summed E-state index contributed by atoms with van der Waals surface area (Å²) >= 11 is 0. The van der Waals surface area contributed by atoms with Crippen LogP contribution >= 0.6 is 0 Å². The van der Waals surface area contributed by atoms with Gasteiger partial charge in [0, 0.05) is 12.6 Å². The van der Waals surface area contributed by atoms with Crippen LogP contribution in [0.5, 0.6) is 0 Å². The molecule has 2 rings (SSSR count). The average Bonchev–Trinajstić information content (AvgIpc) is 2.97. The first-order chi connectivity index (χ1) is 7.45. The molecular formula is C14H21NO. The molecule has 0 aliphatic heterocycles. The number of hydrogen-bond acceptors (Lipinski definition) is 2. The maximum atomic E-state index is 6.10. The molecule has 0 heterocycles. The molecule has 16 heavy (non-hydrogen) atoms. The van der Waals surface area contributed by atoms with E-state index in [0.29, 0.717) is 0 Å². The molecule has 1 aliphatic carbocycles. The quantitative estimate of drug-likeness (QED) is 0.844. The van der Waals surface area contributed by atoms with E-state index >= 15 is 0 Å². The summed E-state index contributed by atoms with van der Waals surface area (Å²) in [5.74, 6) is 0. The minimum atomic E-state index is -0.210. The Bertz CT molecular complexity index is 363. The highest BCUT2D eigenvalue weighted by molar-refractivity contribution is 5.28. The molecular weight excluding hydrogens is 198 g/mol. The second kappa shape index (κ2) is 3.86. The van der Waals surface area contributed by atoms with Crippen LogP contribution in [0.1, 0.15) is 37.8 Å². The Morgan fingerprint density at radius 1 is 1.25 bits per heavy atom. The molecule has 0 unspecified atom stereocenters. The predicted octanol–water partition coefficient (Wildman–Crippen LogP) is 2.60. The lowest BCUT2D eigenvalue weighted by Gasteiger charge is -2.23. The van der Waals surface area contributed by atoms with Crippen LogP contribution in [0.15, 0.2) is 24.3 Å². The molecule has 0 bridgehead atoms. The van der Waals surface area contributed by atoms with Crippen molar-refractivity contribution in [1.82, 2.24) is 0 Å². The Balaban J connectivity index is 2.10. The Morgan fingerprint density at radius 2 is 1.81 bits per heavy atom. The number of rotatable bonds is 4. The van der Waals surface area contributed by atoms with Crippen molar-refractivity contribution < 1.29 is 4.74 Å². The lowest BCUT2D eigenvalue weighted by molar-refractivity contribution is 0.0192. The predicted molar refractivity (Wildman–Crippen MR) is 66.3 cm³/mol. The van der Waals surface area contributed by atoms with E-state index in [9.17, 15) is 0 Å². The van der Waals surface area contributed by atoms with Crippen molar-refractivity contribution in [2.24, 2.45) is 5.73 Å². The molecule has 2 nitrogen and oxygen atoms in total. The van der Waals surface area contributed by atoms with Gasteiger partial charge >= 0.3 is 0 Å². The fraction of sp³-hybridized carbons (Fsp3) is 0.571. The number of hydrogen-bond donors (Lipinski definition) is 1. The third kappa shape index (κ3) is 2.45. The van der Waals surface area contributed by atoms with E-state index in [0.717, 1.165) is 19.3 Å². The average molecular weight is 219 g/mol. The second-order valence-corrected chi connectivity index (χ2v) is 5.45. The largest absolute Gasteiger partial charge is 0.374 e. The highest BCUT2D eigenvalue weighted by Crippen LogP contribution is 2.35. The zero-order valence-electron chi connectivity index (χ0n) is 10.4. The molecule has 0 spiro atoms. The highest BCUT2D eigenvalue weighted by atomic mass is 16.5. The summed E-state index contributed by atoms with van der Waals surface area (Å²) < 4.78 is 5.45. The number of nitrogens with two attached hydrogens (primary N) is 1. The molecule has 0 radical (unpaired) electrons. The first kappa shape index (κ1) is 11.6. The van der Waals surface area contributed by atoms with Gasteiger partial charge in [-0.1, -0.05) is 24.3 Å². The van der Waals surface area contributed by atoms with Gasteiger partial charge in [0.15, 0.2) is 0 Å². The van der Waals surface area contributed by atoms with Crippen molar-refractivity contribution in [2.45, 2.75) is 44.2 Å². The summed E-state index contributed by atoms with van der Waals surface area (Å²) in [6, 6.07) is 8.63. The van der Waals surface area contributed by atoms with Gasteiger partial charge in [-0.3, -0.25) is 0 Å². The van der Waals surface area contributed by atoms with Crippen LogP contribution in [0.2, 0.25) is 0 Å². The summed E-state index contributed by atoms with van der Waals surface area (Å²) in [6.45, 7) is 4.15. The van der Waals surface area contributed by atoms with Crippen LogP contribution in [0, 0.1) is 0 Å². The van der Waals surface area contributed by atoms with Crippen LogP contribution in [-0.2, 0) is 16.8 Å². The Morgan fingerprint density at radius 3 is 2.25 bits per heavy atom. The molecule has 1 aliphatic rings. The number of ether oxygens (including phenoxy) is 1. The fourth-order valence-corrected chi connectivity index (χ4v) is 1.89. The highest BCUT2D eigenvalue weighted by Gasteiger charge is 2.37. The van der Waals surface area contributed by atoms with Gasteiger partial charge in [-0.15, -0.1) is 0 Å². The lowest BCUT2D eigenvalue weighted by Crippen LogP contribution is -2.24. The Labute approximate surface area is 97.8 Å². The smallest absolute Gasteiger partial charge is 0.0871 e. The van der Waals surface area contributed by atoms with E-state index in [1.807, 2.05) is 0 Å². The lowest BCUT2D eigenvalue weighted by atomic mass is 9.95. The monoisotopic (exact) mass is 219 g/mol. The van der Waals surface area contributed by atoms with Gasteiger partial charge in [0.25, 0.3) is 0 Å². The maximum absolute atomic E-state index is 6.10. The zero-order valence-corrected chi connectivity index (χ0v) is 10.4. The first-order valence-electron chi connectivity index (χ1n) is 5.89. The van der Waals surface area contributed by atoms with Crippen molar-refractivity contribution in [2.75, 3.05) is 7.11 Å². The van der Waals surface area contributed by atoms with Crippen LogP contribution in [-0.4, -0.2) is 12.6 Å². The van der Waals surface area contributed by atoms with E-state index in [-0.39, 0.29) is 11.1 Å². The van der Waals surface area contributed by atoms with E-state index in [4.69, 9.17) is 10.5 Å². The summed E-state index contributed by atoms with van der Waals surface area (Å²) in [6.07, 6.45) is 3.33. The summed E-state index contributed by atoms with van der Waals surface area (Å²) in [5.41, 5.74) is 8.53. The molecule has 2 heteroatoms. The van der Waals surface area contributed by atoms with Crippen molar-refractivity contribution in [1.29, 1.82) is 0 Å². The van der Waals surface area contributed by atoms with Crippen molar-refractivity contribution in [3.05, 3.63) is 35.4 Å². The minimum absolute atomic E-state index is 0.0955. The van der Waals surface area contributed by atoms with Crippen LogP contribution in [0.3, 0.4) is 0 Å². The van der Waals surface area contributed by atoms with Crippen molar-refractivity contribution in [3.8, 4) is 0 Å². The molecule has 2 N–H and O–H groups in total. The fourth-order valence-electron chi connectivity index (χ4n) is 1.89. The van der Waals surface area contributed by atoms with Gasteiger partial charge in [-0.2, -0.15) is 0 Å². The molecule has 0 saturated heterocycles. The molecule has 88 valence electrons. The second-order valence-electron chi connectivity index (χ2n) is 5.45. The number of benzene rings is 1. The van der Waals surface area contributed by atoms with Crippen LogP contribution in [0.4, 0.5) is 0 Å². The molecule has 1 fully saturated rings. The Kier molecular flexibility index (Phi) is 2.81. The van der Waals surface area contributed by atoms with Gasteiger partial charge < -0.3 is 10.5 Å². The van der Waals surface area contributed by atoms with E-state index < -0.39 is 0 Å². The molecule has 0 atom stereocenters. The third-order valence-electron chi connectivity index (χ3n) is 3.61. The summed E-state index contributed by atoms with van der Waals surface area (Å²) in [5, 5.41) is 0. The van der Waals surface area contributed by atoms with Gasteiger partial charge in [0.1, 0.15) is 0 Å². The van der Waals surface area contributed by atoms with Crippen LogP contribution < -0.4 is 5.73 Å². The van der Waals surface area contributed by atoms with E-state index in [1.165, 1.54) is 11.1 Å². The van der Waals surface area contributed by atoms with Crippen molar-refractivity contribution >= 4 is 0 Å². The van der Waals surface area contributed by atoms with Gasteiger partial charge in [-0.25, -0.2) is 0 Å². The van der Waals surface area contributed by atoms with Crippen LogP contribution in [0.25, 0.3) is 0 Å². The maximum Gasteiger partial charge on any atom is 0.0871 e. The van der Waals surface area contributed by atoms with E-state index in [1.54, 1.807) is 7.11 Å².